The van der Waals surface area contributed by atoms with Crippen molar-refractivity contribution in [2.24, 2.45) is 17.6 Å². The maximum Gasteiger partial charge on any atom is 0.261 e. The molecule has 2 aromatic carbocycles. The Kier molecular flexibility index (Phi) is 4.72. The summed E-state index contributed by atoms with van der Waals surface area (Å²) in [6.45, 7) is 1.81. The molecule has 2 unspecified atom stereocenters. The van der Waals surface area contributed by atoms with E-state index >= 15 is 0 Å². The van der Waals surface area contributed by atoms with E-state index < -0.39 is 11.8 Å². The number of benzene rings is 2. The Bertz CT molecular complexity index is 1030. The van der Waals surface area contributed by atoms with Crippen molar-refractivity contribution in [2.45, 2.75) is 55.8 Å². The molecule has 2 aliphatic heterocycles. The zero-order chi connectivity index (χ0) is 21.9. The largest absolute Gasteiger partial charge is 0.363 e. The van der Waals surface area contributed by atoms with Gasteiger partial charge in [-0.3, -0.25) is 4.79 Å². The molecule has 5 heteroatoms. The van der Waals surface area contributed by atoms with Crippen LogP contribution in [0.5, 0.6) is 0 Å². The normalized spacial score (nSPS) is 33.9. The Morgan fingerprint density at radius 1 is 1.09 bits per heavy atom. The fraction of sp³-hybridized carbons (Fsp3) is 0.519. The van der Waals surface area contributed by atoms with Gasteiger partial charge in [0.25, 0.3) is 5.91 Å². The van der Waals surface area contributed by atoms with Crippen molar-refractivity contribution < 1.29 is 9.53 Å². The van der Waals surface area contributed by atoms with Crippen LogP contribution >= 0.6 is 0 Å². The molecule has 0 bridgehead atoms. The van der Waals surface area contributed by atoms with Gasteiger partial charge in [0.15, 0.2) is 5.60 Å². The fourth-order valence-corrected chi connectivity index (χ4v) is 6.94. The molecule has 1 amide bonds. The molecule has 2 saturated carbocycles. The van der Waals surface area contributed by atoms with E-state index in [9.17, 15) is 4.79 Å². The summed E-state index contributed by atoms with van der Waals surface area (Å²) >= 11 is 0. The summed E-state index contributed by atoms with van der Waals surface area (Å²) in [6, 6.07) is 17.1. The van der Waals surface area contributed by atoms with Crippen LogP contribution in [0.1, 0.15) is 60.5 Å². The molecule has 32 heavy (non-hydrogen) atoms. The molecular formula is C27H33N3O2. The Balaban J connectivity index is 1.48. The van der Waals surface area contributed by atoms with Crippen molar-refractivity contribution in [1.82, 2.24) is 10.2 Å². The molecule has 0 spiro atoms. The summed E-state index contributed by atoms with van der Waals surface area (Å²) in [5, 5.41) is 3.49. The molecule has 6 rings (SSSR count). The van der Waals surface area contributed by atoms with Crippen molar-refractivity contribution >= 4 is 5.91 Å². The average Bonchev–Trinajstić information content (AvgIpc) is 3.15. The minimum atomic E-state index is -0.932. The molecule has 4 aliphatic rings. The molecule has 2 aromatic rings. The maximum absolute atomic E-state index is 14.4. The third kappa shape index (κ3) is 2.77. The summed E-state index contributed by atoms with van der Waals surface area (Å²) in [5.74, 6) is 0.799. The molecule has 2 aliphatic carbocycles. The number of nitrogens with two attached hydrogens (primary N) is 1. The van der Waals surface area contributed by atoms with Crippen molar-refractivity contribution in [3.63, 3.8) is 0 Å². The number of ether oxygens (including phenoxy) is 1. The fourth-order valence-electron chi connectivity index (χ4n) is 6.94. The molecule has 3 N–H and O–H groups in total. The minimum Gasteiger partial charge on any atom is -0.363 e. The lowest BCUT2D eigenvalue weighted by atomic mass is 9.72. The van der Waals surface area contributed by atoms with Crippen molar-refractivity contribution in [2.75, 3.05) is 20.2 Å². The number of piperidine rings is 1. The highest BCUT2D eigenvalue weighted by Gasteiger charge is 2.68. The number of fused-ring (bicyclic) bond motifs is 2. The van der Waals surface area contributed by atoms with Crippen LogP contribution in [0.15, 0.2) is 48.5 Å². The Morgan fingerprint density at radius 2 is 1.88 bits per heavy atom. The Labute approximate surface area is 190 Å². The van der Waals surface area contributed by atoms with Gasteiger partial charge in [-0.1, -0.05) is 61.4 Å². The number of amides is 1. The number of rotatable bonds is 5. The second kappa shape index (κ2) is 7.41. The van der Waals surface area contributed by atoms with E-state index in [1.54, 1.807) is 7.11 Å². The van der Waals surface area contributed by atoms with E-state index in [2.05, 4.69) is 47.8 Å². The van der Waals surface area contributed by atoms with Gasteiger partial charge in [0.2, 0.25) is 0 Å². The minimum absolute atomic E-state index is 0.0926. The molecule has 4 atom stereocenters. The molecule has 5 nitrogen and oxygen atoms in total. The number of carbonyl (C=O) groups is 1. The van der Waals surface area contributed by atoms with Gasteiger partial charge >= 0.3 is 0 Å². The van der Waals surface area contributed by atoms with Crippen LogP contribution in [0, 0.1) is 11.8 Å². The van der Waals surface area contributed by atoms with Crippen LogP contribution in [0.2, 0.25) is 0 Å². The molecular weight excluding hydrogens is 398 g/mol. The molecule has 3 fully saturated rings. The first-order chi connectivity index (χ1) is 15.6. The van der Waals surface area contributed by atoms with E-state index in [4.69, 9.17) is 10.5 Å². The number of nitrogens with one attached hydrogen (secondary N) is 1. The first kappa shape index (κ1) is 20.4. The zero-order valence-electron chi connectivity index (χ0n) is 18.8. The van der Waals surface area contributed by atoms with Gasteiger partial charge in [0, 0.05) is 31.7 Å². The second-order valence-corrected chi connectivity index (χ2v) is 10.3. The summed E-state index contributed by atoms with van der Waals surface area (Å²) in [5.41, 5.74) is 10.3. The highest BCUT2D eigenvalue weighted by atomic mass is 16.5. The quantitative estimate of drug-likeness (QED) is 0.761. The second-order valence-electron chi connectivity index (χ2n) is 10.3. The van der Waals surface area contributed by atoms with E-state index in [0.29, 0.717) is 5.92 Å². The van der Waals surface area contributed by atoms with E-state index in [1.807, 2.05) is 11.0 Å². The van der Waals surface area contributed by atoms with Gasteiger partial charge in [0.1, 0.15) is 6.17 Å². The lowest BCUT2D eigenvalue weighted by Gasteiger charge is -2.50. The van der Waals surface area contributed by atoms with Gasteiger partial charge in [-0.15, -0.1) is 0 Å². The number of hydrogen-bond donors (Lipinski definition) is 2. The van der Waals surface area contributed by atoms with Gasteiger partial charge in [-0.05, 0) is 48.3 Å². The highest BCUT2D eigenvalue weighted by Crippen LogP contribution is 2.58. The van der Waals surface area contributed by atoms with Gasteiger partial charge in [-0.2, -0.15) is 0 Å². The van der Waals surface area contributed by atoms with Crippen LogP contribution in [-0.2, 0) is 21.6 Å². The number of nitrogens with zero attached hydrogens (tertiary/aromatic N) is 1. The highest BCUT2D eigenvalue weighted by molar-refractivity contribution is 5.91. The number of methoxy groups -OCH3 is 1. The summed E-state index contributed by atoms with van der Waals surface area (Å²) in [7, 11) is 1.73. The third-order valence-electron chi connectivity index (χ3n) is 8.66. The van der Waals surface area contributed by atoms with Crippen molar-refractivity contribution in [3.8, 4) is 0 Å². The summed E-state index contributed by atoms with van der Waals surface area (Å²) in [4.78, 5) is 16.4. The zero-order valence-corrected chi connectivity index (χ0v) is 18.8. The standard InChI is InChI=1S/C27H33N3O2/c1-32-27(20-9-5-6-10-20)23-14-19(13-18-7-3-2-4-8-18)11-12-22(23)24(28)30(25(27)31)26-15-21(26)16-29-17-26/h2-4,7-8,11-12,14,20-21,24,29H,5-6,9-10,13,15-17,28H2,1H3/t21-,24?,26?,27-/m0/s1. The molecule has 0 aromatic heterocycles. The topological polar surface area (TPSA) is 67.6 Å². The van der Waals surface area contributed by atoms with Gasteiger partial charge in [0.05, 0.1) is 5.54 Å². The van der Waals surface area contributed by atoms with E-state index in [1.165, 1.54) is 11.1 Å². The van der Waals surface area contributed by atoms with Crippen LogP contribution in [0.4, 0.5) is 0 Å². The number of hydrogen-bond acceptors (Lipinski definition) is 4. The molecule has 168 valence electrons. The lowest BCUT2D eigenvalue weighted by molar-refractivity contribution is -0.175. The van der Waals surface area contributed by atoms with Crippen LogP contribution in [-0.4, -0.2) is 36.5 Å². The Morgan fingerprint density at radius 3 is 2.53 bits per heavy atom. The van der Waals surface area contributed by atoms with Gasteiger partial charge in [-0.25, -0.2) is 0 Å². The molecule has 0 radical (unpaired) electrons. The maximum atomic E-state index is 14.4. The smallest absolute Gasteiger partial charge is 0.261 e. The van der Waals surface area contributed by atoms with Crippen LogP contribution in [0.3, 0.4) is 0 Å². The third-order valence-corrected chi connectivity index (χ3v) is 8.66. The predicted octanol–water partition coefficient (Wildman–Crippen LogP) is 3.47. The number of carbonyl (C=O) groups excluding carboxylic acids is 1. The summed E-state index contributed by atoms with van der Waals surface area (Å²) < 4.78 is 6.34. The SMILES string of the molecule is CO[C@]1(C2CCCC2)C(=O)N(C23CNC[C@@H]2C3)C(N)c2ccc(Cc3ccccc3)cc21. The molecule has 1 saturated heterocycles. The average molecular weight is 432 g/mol. The monoisotopic (exact) mass is 431 g/mol. The lowest BCUT2D eigenvalue weighted by Crippen LogP contribution is -2.63. The van der Waals surface area contributed by atoms with Crippen molar-refractivity contribution in [1.29, 1.82) is 0 Å². The van der Waals surface area contributed by atoms with Gasteiger partial charge < -0.3 is 20.7 Å². The first-order valence-electron chi connectivity index (χ1n) is 12.1. The summed E-state index contributed by atoms with van der Waals surface area (Å²) in [6.07, 6.45) is 5.83. The molecule has 2 heterocycles. The van der Waals surface area contributed by atoms with Crippen LogP contribution < -0.4 is 11.1 Å². The van der Waals surface area contributed by atoms with Crippen LogP contribution in [0.25, 0.3) is 0 Å². The predicted molar refractivity (Wildman–Crippen MR) is 124 cm³/mol. The van der Waals surface area contributed by atoms with E-state index in [-0.39, 0.29) is 17.4 Å². The first-order valence-corrected chi connectivity index (χ1v) is 12.1. The van der Waals surface area contributed by atoms with Crippen molar-refractivity contribution in [3.05, 3.63) is 70.8 Å². The Hall–Kier alpha value is -2.21. The van der Waals surface area contributed by atoms with E-state index in [0.717, 1.165) is 62.7 Å².